The highest BCUT2D eigenvalue weighted by Gasteiger charge is 2.13. The molecule has 108 valence electrons. The van der Waals surface area contributed by atoms with Gasteiger partial charge in [-0.25, -0.2) is 13.1 Å². The predicted molar refractivity (Wildman–Crippen MR) is 74.5 cm³/mol. The van der Waals surface area contributed by atoms with E-state index in [4.69, 9.17) is 5.11 Å². The van der Waals surface area contributed by atoms with Crippen LogP contribution in [-0.4, -0.2) is 30.3 Å². The number of hydrogen-bond acceptors (Lipinski definition) is 4. The third-order valence-electron chi connectivity index (χ3n) is 2.88. The van der Waals surface area contributed by atoms with Crippen LogP contribution in [-0.2, 0) is 23.0 Å². The van der Waals surface area contributed by atoms with E-state index in [1.54, 1.807) is 36.7 Å². The van der Waals surface area contributed by atoms with E-state index >= 15 is 0 Å². The van der Waals surface area contributed by atoms with Crippen molar-refractivity contribution < 1.29 is 13.5 Å². The summed E-state index contributed by atoms with van der Waals surface area (Å²) >= 11 is 0. The van der Waals surface area contributed by atoms with E-state index in [0.29, 0.717) is 6.42 Å². The molecule has 0 fully saturated rings. The van der Waals surface area contributed by atoms with Crippen LogP contribution in [0, 0.1) is 0 Å². The summed E-state index contributed by atoms with van der Waals surface area (Å²) in [6, 6.07) is 6.68. The third-order valence-corrected chi connectivity index (χ3v) is 4.30. The second-order valence-electron chi connectivity index (χ2n) is 4.40. The topological polar surface area (TPSA) is 95.1 Å². The number of H-pyrrole nitrogens is 1. The number of aromatic amines is 1. The molecule has 20 heavy (non-hydrogen) atoms. The third kappa shape index (κ3) is 3.89. The number of nitrogens with one attached hydrogen (secondary N) is 2. The quantitative estimate of drug-likeness (QED) is 0.704. The van der Waals surface area contributed by atoms with E-state index < -0.39 is 10.0 Å². The van der Waals surface area contributed by atoms with Gasteiger partial charge in [0.15, 0.2) is 0 Å². The van der Waals surface area contributed by atoms with Crippen LogP contribution in [0.15, 0.2) is 41.6 Å². The first-order valence-electron chi connectivity index (χ1n) is 6.29. The summed E-state index contributed by atoms with van der Waals surface area (Å²) in [5.74, 6) is 0. The summed E-state index contributed by atoms with van der Waals surface area (Å²) in [4.78, 5) is 0.230. The fraction of sp³-hybridized carbons (Fsp3) is 0.308. The van der Waals surface area contributed by atoms with Crippen molar-refractivity contribution in [3.05, 3.63) is 47.8 Å². The average Bonchev–Trinajstić information content (AvgIpc) is 2.97. The molecule has 0 unspecified atom stereocenters. The van der Waals surface area contributed by atoms with E-state index in [2.05, 4.69) is 14.9 Å². The summed E-state index contributed by atoms with van der Waals surface area (Å²) in [6.45, 7) is 0.331. The lowest BCUT2D eigenvalue weighted by Gasteiger charge is -2.06. The second-order valence-corrected chi connectivity index (χ2v) is 6.17. The van der Waals surface area contributed by atoms with Crippen molar-refractivity contribution in [1.82, 2.24) is 14.9 Å². The van der Waals surface area contributed by atoms with Crippen LogP contribution in [0.3, 0.4) is 0 Å². The maximum atomic E-state index is 12.1. The van der Waals surface area contributed by atoms with Gasteiger partial charge in [0.2, 0.25) is 10.0 Å². The molecule has 0 aliphatic rings. The van der Waals surface area contributed by atoms with Crippen LogP contribution in [0.5, 0.6) is 0 Å². The normalized spacial score (nSPS) is 11.7. The maximum absolute atomic E-state index is 12.1. The minimum Gasteiger partial charge on any atom is -0.396 e. The summed E-state index contributed by atoms with van der Waals surface area (Å²) in [6.07, 6.45) is 4.62. The van der Waals surface area contributed by atoms with Crippen molar-refractivity contribution in [1.29, 1.82) is 0 Å². The fourth-order valence-corrected chi connectivity index (χ4v) is 2.77. The lowest BCUT2D eigenvalue weighted by atomic mass is 10.1. The Kier molecular flexibility index (Phi) is 4.89. The number of hydrogen-bond donors (Lipinski definition) is 3. The molecule has 0 spiro atoms. The number of sulfonamides is 1. The first-order valence-corrected chi connectivity index (χ1v) is 7.77. The van der Waals surface area contributed by atoms with Crippen LogP contribution < -0.4 is 4.72 Å². The molecule has 0 amide bonds. The Balaban J connectivity index is 2.01. The van der Waals surface area contributed by atoms with E-state index in [0.717, 1.165) is 17.5 Å². The highest BCUT2D eigenvalue weighted by molar-refractivity contribution is 7.89. The fourth-order valence-electron chi connectivity index (χ4n) is 1.75. The van der Waals surface area contributed by atoms with Crippen LogP contribution in [0.4, 0.5) is 0 Å². The first-order chi connectivity index (χ1) is 9.62. The van der Waals surface area contributed by atoms with Gasteiger partial charge in [-0.05, 0) is 30.5 Å². The van der Waals surface area contributed by atoms with Gasteiger partial charge in [-0.15, -0.1) is 0 Å². The molecule has 0 bridgehead atoms. The molecule has 3 N–H and O–H groups in total. The molecular weight excluding hydrogens is 278 g/mol. The summed E-state index contributed by atoms with van der Waals surface area (Å²) < 4.78 is 26.7. The Labute approximate surface area is 117 Å². The minimum atomic E-state index is -3.51. The largest absolute Gasteiger partial charge is 0.396 e. The molecule has 0 saturated carbocycles. The molecule has 0 radical (unpaired) electrons. The van der Waals surface area contributed by atoms with Gasteiger partial charge in [0.25, 0.3) is 0 Å². The molecule has 0 aliphatic carbocycles. The van der Waals surface area contributed by atoms with Crippen LogP contribution in [0.25, 0.3) is 0 Å². The molecule has 7 heteroatoms. The SMILES string of the molecule is O=S(=O)(NCc1cn[nH]c1)c1ccc(CCCO)cc1. The zero-order valence-corrected chi connectivity index (χ0v) is 11.7. The van der Waals surface area contributed by atoms with E-state index in [1.165, 1.54) is 0 Å². The van der Waals surface area contributed by atoms with Crippen LogP contribution in [0.2, 0.25) is 0 Å². The Morgan fingerprint density at radius 2 is 1.95 bits per heavy atom. The van der Waals surface area contributed by atoms with Gasteiger partial charge in [-0.1, -0.05) is 12.1 Å². The monoisotopic (exact) mass is 295 g/mol. The van der Waals surface area contributed by atoms with Crippen LogP contribution >= 0.6 is 0 Å². The van der Waals surface area contributed by atoms with Crippen molar-refractivity contribution >= 4 is 10.0 Å². The van der Waals surface area contributed by atoms with Gasteiger partial charge in [0, 0.05) is 24.9 Å². The lowest BCUT2D eigenvalue weighted by molar-refractivity contribution is 0.288. The van der Waals surface area contributed by atoms with Gasteiger partial charge in [-0.3, -0.25) is 5.10 Å². The van der Waals surface area contributed by atoms with Crippen molar-refractivity contribution in [2.75, 3.05) is 6.61 Å². The smallest absolute Gasteiger partial charge is 0.240 e. The lowest BCUT2D eigenvalue weighted by Crippen LogP contribution is -2.23. The number of aliphatic hydroxyl groups is 1. The Morgan fingerprint density at radius 3 is 2.55 bits per heavy atom. The first kappa shape index (κ1) is 14.7. The number of aromatic nitrogens is 2. The van der Waals surface area contributed by atoms with Crippen molar-refractivity contribution in [3.8, 4) is 0 Å². The Bertz CT molecular complexity index is 621. The van der Waals surface area contributed by atoms with Crippen molar-refractivity contribution in [3.63, 3.8) is 0 Å². The molecule has 1 aromatic heterocycles. The summed E-state index contributed by atoms with van der Waals surface area (Å²) in [7, 11) is -3.51. The minimum absolute atomic E-state index is 0.131. The van der Waals surface area contributed by atoms with Gasteiger partial charge < -0.3 is 5.11 Å². The second kappa shape index (κ2) is 6.65. The maximum Gasteiger partial charge on any atom is 0.240 e. The Hall–Kier alpha value is -1.70. The van der Waals surface area contributed by atoms with Gasteiger partial charge in [0.1, 0.15) is 0 Å². The van der Waals surface area contributed by atoms with E-state index in [1.807, 2.05) is 0 Å². The van der Waals surface area contributed by atoms with Gasteiger partial charge in [0.05, 0.1) is 11.1 Å². The highest BCUT2D eigenvalue weighted by atomic mass is 32.2. The van der Waals surface area contributed by atoms with Gasteiger partial charge >= 0.3 is 0 Å². The van der Waals surface area contributed by atoms with E-state index in [-0.39, 0.29) is 18.0 Å². The highest BCUT2D eigenvalue weighted by Crippen LogP contribution is 2.12. The molecule has 0 saturated heterocycles. The molecule has 6 nitrogen and oxygen atoms in total. The van der Waals surface area contributed by atoms with Gasteiger partial charge in [-0.2, -0.15) is 5.10 Å². The molecule has 0 atom stereocenters. The molecular formula is C13H17N3O3S. The van der Waals surface area contributed by atoms with Crippen molar-refractivity contribution in [2.24, 2.45) is 0 Å². The average molecular weight is 295 g/mol. The van der Waals surface area contributed by atoms with Crippen molar-refractivity contribution in [2.45, 2.75) is 24.3 Å². The number of aryl methyl sites for hydroxylation is 1. The Morgan fingerprint density at radius 1 is 1.20 bits per heavy atom. The zero-order chi connectivity index (χ0) is 14.4. The number of nitrogens with zero attached hydrogens (tertiary/aromatic N) is 1. The molecule has 2 aromatic rings. The number of aliphatic hydroxyl groups excluding tert-OH is 1. The molecule has 1 heterocycles. The standard InChI is InChI=1S/C13H17N3O3S/c17-7-1-2-11-3-5-13(6-4-11)20(18,19)16-10-12-8-14-15-9-12/h3-6,8-9,16-17H,1-2,7,10H2,(H,14,15). The summed E-state index contributed by atoms with van der Waals surface area (Å²) in [5, 5.41) is 15.1. The predicted octanol–water partition coefficient (Wildman–Crippen LogP) is 0.813. The molecule has 1 aromatic carbocycles. The number of rotatable bonds is 7. The zero-order valence-electron chi connectivity index (χ0n) is 10.9. The number of benzene rings is 1. The molecule has 2 rings (SSSR count). The molecule has 0 aliphatic heterocycles. The van der Waals surface area contributed by atoms with Crippen LogP contribution in [0.1, 0.15) is 17.5 Å². The summed E-state index contributed by atoms with van der Waals surface area (Å²) in [5.41, 5.74) is 1.78. The van der Waals surface area contributed by atoms with E-state index in [9.17, 15) is 8.42 Å².